The Bertz CT molecular complexity index is 1170. The van der Waals surface area contributed by atoms with E-state index in [0.717, 1.165) is 34.4 Å². The first-order valence-electron chi connectivity index (χ1n) is 10.7. The molecule has 0 atom stereocenters. The molecule has 164 valence electrons. The Morgan fingerprint density at radius 2 is 1.84 bits per heavy atom. The van der Waals surface area contributed by atoms with Crippen LogP contribution in [-0.2, 0) is 6.54 Å². The van der Waals surface area contributed by atoms with Crippen LogP contribution in [0.5, 0.6) is 5.75 Å². The number of aromatic nitrogens is 1. The van der Waals surface area contributed by atoms with E-state index in [1.54, 1.807) is 28.0 Å². The molecular weight excluding hydrogens is 436 g/mol. The lowest BCUT2D eigenvalue weighted by molar-refractivity contribution is 0.0985. The van der Waals surface area contributed by atoms with E-state index in [9.17, 15) is 4.79 Å². The molecule has 4 aromatic rings. The number of rotatable bonds is 9. The molecule has 1 heterocycles. The number of unbranched alkanes of at least 4 members (excludes halogenated alkanes) is 1. The van der Waals surface area contributed by atoms with E-state index in [0.29, 0.717) is 23.8 Å². The molecular formula is C26H26N2O2S2. The lowest BCUT2D eigenvalue weighted by Gasteiger charge is -2.20. The number of fused-ring (bicyclic) bond motifs is 1. The molecule has 0 radical (unpaired) electrons. The van der Waals surface area contributed by atoms with E-state index in [1.165, 1.54) is 4.90 Å². The summed E-state index contributed by atoms with van der Waals surface area (Å²) in [6.45, 7) is 3.29. The van der Waals surface area contributed by atoms with Crippen LogP contribution >= 0.6 is 23.1 Å². The van der Waals surface area contributed by atoms with E-state index in [2.05, 4.69) is 25.3 Å². The molecule has 6 heteroatoms. The first-order chi connectivity index (χ1) is 15.7. The second-order valence-corrected chi connectivity index (χ2v) is 9.32. The van der Waals surface area contributed by atoms with Gasteiger partial charge in [0.1, 0.15) is 5.75 Å². The van der Waals surface area contributed by atoms with Crippen LogP contribution in [0, 0.1) is 0 Å². The normalized spacial score (nSPS) is 10.9. The van der Waals surface area contributed by atoms with Gasteiger partial charge in [0.15, 0.2) is 5.13 Å². The van der Waals surface area contributed by atoms with Crippen molar-refractivity contribution >= 4 is 44.4 Å². The van der Waals surface area contributed by atoms with Crippen LogP contribution in [0.4, 0.5) is 5.13 Å². The van der Waals surface area contributed by atoms with Gasteiger partial charge in [0.2, 0.25) is 0 Å². The summed E-state index contributed by atoms with van der Waals surface area (Å²) in [6, 6.07) is 23.7. The molecule has 4 rings (SSSR count). The number of nitrogens with zero attached hydrogens (tertiary/aromatic N) is 2. The second kappa shape index (κ2) is 10.7. The maximum atomic E-state index is 13.6. The largest absolute Gasteiger partial charge is 0.494 e. The predicted molar refractivity (Wildman–Crippen MR) is 135 cm³/mol. The summed E-state index contributed by atoms with van der Waals surface area (Å²) < 4.78 is 6.83. The predicted octanol–water partition coefficient (Wildman–Crippen LogP) is 7.04. The Labute approximate surface area is 197 Å². The summed E-state index contributed by atoms with van der Waals surface area (Å²) in [5, 5.41) is 0.704. The second-order valence-electron chi connectivity index (χ2n) is 7.43. The number of carbonyl (C=O) groups excluding carboxylic acids is 1. The number of thiazole rings is 1. The third-order valence-corrected chi connectivity index (χ3v) is 6.88. The molecule has 4 nitrogen and oxygen atoms in total. The number of carbonyl (C=O) groups is 1. The van der Waals surface area contributed by atoms with Gasteiger partial charge in [-0.05, 0) is 60.7 Å². The molecule has 1 aromatic heterocycles. The topological polar surface area (TPSA) is 42.4 Å². The van der Waals surface area contributed by atoms with Crippen LogP contribution in [-0.4, -0.2) is 23.8 Å². The minimum atomic E-state index is -0.0712. The molecule has 3 aromatic carbocycles. The highest BCUT2D eigenvalue weighted by Gasteiger charge is 2.22. The molecule has 0 aliphatic carbocycles. The van der Waals surface area contributed by atoms with E-state index in [1.807, 2.05) is 60.7 Å². The van der Waals surface area contributed by atoms with Gasteiger partial charge in [-0.1, -0.05) is 55.0 Å². The van der Waals surface area contributed by atoms with Crippen molar-refractivity contribution in [1.82, 2.24) is 4.98 Å². The van der Waals surface area contributed by atoms with Gasteiger partial charge in [-0.15, -0.1) is 11.8 Å². The van der Waals surface area contributed by atoms with Crippen LogP contribution in [0.1, 0.15) is 35.7 Å². The summed E-state index contributed by atoms with van der Waals surface area (Å²) in [7, 11) is 0. The Kier molecular flexibility index (Phi) is 7.45. The van der Waals surface area contributed by atoms with Crippen LogP contribution in [0.3, 0.4) is 0 Å². The van der Waals surface area contributed by atoms with Gasteiger partial charge in [0.25, 0.3) is 5.91 Å². The van der Waals surface area contributed by atoms with Gasteiger partial charge in [0, 0.05) is 10.5 Å². The summed E-state index contributed by atoms with van der Waals surface area (Å²) in [6.07, 6.45) is 4.16. The molecule has 0 aliphatic rings. The quantitative estimate of drug-likeness (QED) is 0.197. The summed E-state index contributed by atoms with van der Waals surface area (Å²) in [5.74, 6) is 0.715. The highest BCUT2D eigenvalue weighted by atomic mass is 32.2. The number of benzene rings is 3. The van der Waals surface area contributed by atoms with Gasteiger partial charge in [0.05, 0.1) is 23.4 Å². The maximum Gasteiger partial charge on any atom is 0.260 e. The fourth-order valence-electron chi connectivity index (χ4n) is 3.31. The first kappa shape index (κ1) is 22.4. The van der Waals surface area contributed by atoms with Gasteiger partial charge in [-0.3, -0.25) is 9.69 Å². The van der Waals surface area contributed by atoms with Crippen molar-refractivity contribution in [2.24, 2.45) is 0 Å². The van der Waals surface area contributed by atoms with Crippen molar-refractivity contribution < 1.29 is 9.53 Å². The zero-order chi connectivity index (χ0) is 22.3. The molecule has 0 saturated carbocycles. The van der Waals surface area contributed by atoms with E-state index < -0.39 is 0 Å². The number of ether oxygens (including phenoxy) is 1. The van der Waals surface area contributed by atoms with E-state index in [-0.39, 0.29) is 5.91 Å². The Morgan fingerprint density at radius 3 is 2.56 bits per heavy atom. The number of amides is 1. The van der Waals surface area contributed by atoms with Crippen LogP contribution in [0.2, 0.25) is 0 Å². The maximum absolute atomic E-state index is 13.6. The average Bonchev–Trinajstić information content (AvgIpc) is 3.26. The van der Waals surface area contributed by atoms with Crippen molar-refractivity contribution in [2.45, 2.75) is 31.2 Å². The summed E-state index contributed by atoms with van der Waals surface area (Å²) in [5.41, 5.74) is 2.59. The number of hydrogen-bond acceptors (Lipinski definition) is 5. The monoisotopic (exact) mass is 462 g/mol. The van der Waals surface area contributed by atoms with Crippen LogP contribution < -0.4 is 9.64 Å². The van der Waals surface area contributed by atoms with E-state index >= 15 is 0 Å². The van der Waals surface area contributed by atoms with Gasteiger partial charge < -0.3 is 4.74 Å². The number of hydrogen-bond donors (Lipinski definition) is 0. The molecule has 0 fully saturated rings. The van der Waals surface area contributed by atoms with E-state index in [4.69, 9.17) is 9.72 Å². The first-order valence-corrected chi connectivity index (χ1v) is 12.8. The van der Waals surface area contributed by atoms with Crippen LogP contribution in [0.15, 0.2) is 77.7 Å². The lowest BCUT2D eigenvalue weighted by Crippen LogP contribution is -2.30. The molecule has 0 N–H and O–H groups in total. The molecule has 0 unspecified atom stereocenters. The standard InChI is InChI=1S/C26H26N2O2S2/c1-3-4-16-30-21-12-10-20(11-13-21)25(29)28(18-19-8-6-5-7-9-19)26-27-23-15-14-22(31-2)17-24(23)32-26/h5-15,17H,3-4,16,18H2,1-2H3. The number of anilines is 1. The zero-order valence-corrected chi connectivity index (χ0v) is 19.9. The van der Waals surface area contributed by atoms with Crippen LogP contribution in [0.25, 0.3) is 10.2 Å². The summed E-state index contributed by atoms with van der Waals surface area (Å²) in [4.78, 5) is 21.3. The Balaban J connectivity index is 1.64. The van der Waals surface area contributed by atoms with Crippen molar-refractivity contribution in [1.29, 1.82) is 0 Å². The average molecular weight is 463 g/mol. The Hall–Kier alpha value is -2.83. The summed E-state index contributed by atoms with van der Waals surface area (Å²) >= 11 is 3.25. The SMILES string of the molecule is CCCCOc1ccc(C(=O)N(Cc2ccccc2)c2nc3ccc(SC)cc3s2)cc1. The van der Waals surface area contributed by atoms with Gasteiger partial charge in [-0.25, -0.2) is 4.98 Å². The highest BCUT2D eigenvalue weighted by Crippen LogP contribution is 2.33. The fourth-order valence-corrected chi connectivity index (χ4v) is 4.83. The van der Waals surface area contributed by atoms with Crippen molar-refractivity contribution in [3.05, 3.63) is 83.9 Å². The number of thioether (sulfide) groups is 1. The van der Waals surface area contributed by atoms with Crippen molar-refractivity contribution in [3.8, 4) is 5.75 Å². The molecule has 0 spiro atoms. The van der Waals surface area contributed by atoms with Crippen molar-refractivity contribution in [2.75, 3.05) is 17.8 Å². The third-order valence-electron chi connectivity index (χ3n) is 5.11. The molecule has 1 amide bonds. The van der Waals surface area contributed by atoms with Gasteiger partial charge >= 0.3 is 0 Å². The zero-order valence-electron chi connectivity index (χ0n) is 18.3. The molecule has 0 bridgehead atoms. The molecule has 32 heavy (non-hydrogen) atoms. The minimum absolute atomic E-state index is 0.0712. The third kappa shape index (κ3) is 5.31. The smallest absolute Gasteiger partial charge is 0.260 e. The minimum Gasteiger partial charge on any atom is -0.494 e. The molecule has 0 saturated heterocycles. The Morgan fingerprint density at radius 1 is 1.06 bits per heavy atom. The fraction of sp³-hybridized carbons (Fsp3) is 0.231. The molecule has 0 aliphatic heterocycles. The lowest BCUT2D eigenvalue weighted by atomic mass is 10.1. The van der Waals surface area contributed by atoms with Gasteiger partial charge in [-0.2, -0.15) is 0 Å². The highest BCUT2D eigenvalue weighted by molar-refractivity contribution is 7.98. The van der Waals surface area contributed by atoms with Crippen molar-refractivity contribution in [3.63, 3.8) is 0 Å².